The van der Waals surface area contributed by atoms with Crippen LogP contribution in [0.2, 0.25) is 0 Å². The Morgan fingerprint density at radius 2 is 2.18 bits per heavy atom. The number of H-pyrrole nitrogens is 1. The molecule has 1 heterocycles. The monoisotopic (exact) mass is 239 g/mol. The number of aromatic nitrogens is 2. The second-order valence-corrected chi connectivity index (χ2v) is 4.71. The predicted octanol–water partition coefficient (Wildman–Crippen LogP) is 0.846. The number of rotatable bonds is 5. The fourth-order valence-electron chi connectivity index (χ4n) is 1.62. The minimum Gasteiger partial charge on any atom is -0.394 e. The van der Waals surface area contributed by atoms with Crippen LogP contribution in [0.5, 0.6) is 0 Å². The van der Waals surface area contributed by atoms with Gasteiger partial charge < -0.3 is 10.4 Å². The number of carbonyl (C=O) groups is 1. The first-order valence-corrected chi connectivity index (χ1v) is 5.84. The number of aliphatic hydroxyl groups excluding tert-OH is 1. The van der Waals surface area contributed by atoms with Gasteiger partial charge in [0.1, 0.15) is 0 Å². The number of nitrogens with one attached hydrogen (secondary N) is 2. The summed E-state index contributed by atoms with van der Waals surface area (Å²) in [7, 11) is 0. The zero-order valence-electron chi connectivity index (χ0n) is 10.9. The summed E-state index contributed by atoms with van der Waals surface area (Å²) in [5.41, 5.74) is 2.15. The van der Waals surface area contributed by atoms with Gasteiger partial charge in [0, 0.05) is 11.3 Å². The van der Waals surface area contributed by atoms with Crippen molar-refractivity contribution < 1.29 is 9.90 Å². The first-order chi connectivity index (χ1) is 7.91. The van der Waals surface area contributed by atoms with E-state index in [1.54, 1.807) is 0 Å². The predicted molar refractivity (Wildman–Crippen MR) is 65.7 cm³/mol. The van der Waals surface area contributed by atoms with Crippen LogP contribution < -0.4 is 5.32 Å². The van der Waals surface area contributed by atoms with Gasteiger partial charge in [0.05, 0.1) is 24.3 Å². The quantitative estimate of drug-likeness (QED) is 0.712. The molecule has 0 aliphatic rings. The van der Waals surface area contributed by atoms with Crippen LogP contribution in [0.1, 0.15) is 37.2 Å². The third-order valence-corrected chi connectivity index (χ3v) is 3.19. The minimum atomic E-state index is -0.539. The molecule has 0 radical (unpaired) electrons. The Morgan fingerprint density at radius 3 is 2.59 bits per heavy atom. The van der Waals surface area contributed by atoms with Crippen molar-refractivity contribution in [2.24, 2.45) is 0 Å². The van der Waals surface area contributed by atoms with Gasteiger partial charge in [-0.25, -0.2) is 0 Å². The Bertz CT molecular complexity index is 375. The Kier molecular flexibility index (Phi) is 4.28. The first-order valence-electron chi connectivity index (χ1n) is 5.84. The molecule has 0 aliphatic carbocycles. The number of carbonyl (C=O) groups excluding carboxylic acids is 1. The van der Waals surface area contributed by atoms with E-state index in [-0.39, 0.29) is 12.5 Å². The summed E-state index contributed by atoms with van der Waals surface area (Å²) >= 11 is 0. The van der Waals surface area contributed by atoms with Gasteiger partial charge in [-0.15, -0.1) is 0 Å². The maximum absolute atomic E-state index is 11.9. The number of nitrogens with zero attached hydrogens (tertiary/aromatic N) is 1. The second kappa shape index (κ2) is 5.31. The van der Waals surface area contributed by atoms with Gasteiger partial charge in [0.15, 0.2) is 0 Å². The highest BCUT2D eigenvalue weighted by Gasteiger charge is 2.23. The second-order valence-electron chi connectivity index (χ2n) is 4.71. The zero-order chi connectivity index (χ0) is 13.1. The molecule has 1 aromatic rings. The molecule has 96 valence electrons. The van der Waals surface area contributed by atoms with Crippen molar-refractivity contribution in [2.45, 2.75) is 46.1 Å². The van der Waals surface area contributed by atoms with Crippen LogP contribution in [0.3, 0.4) is 0 Å². The molecule has 0 spiro atoms. The molecule has 1 rings (SSSR count). The van der Waals surface area contributed by atoms with E-state index in [2.05, 4.69) is 15.5 Å². The minimum absolute atomic E-state index is 0.0570. The van der Waals surface area contributed by atoms with Crippen molar-refractivity contribution in [3.05, 3.63) is 17.0 Å². The van der Waals surface area contributed by atoms with Gasteiger partial charge in [-0.1, -0.05) is 6.92 Å². The van der Waals surface area contributed by atoms with E-state index in [9.17, 15) is 9.90 Å². The van der Waals surface area contributed by atoms with Gasteiger partial charge in [-0.2, -0.15) is 5.10 Å². The van der Waals surface area contributed by atoms with E-state index < -0.39 is 5.54 Å². The largest absolute Gasteiger partial charge is 0.394 e. The molecule has 0 aliphatic heterocycles. The van der Waals surface area contributed by atoms with Gasteiger partial charge in [0.25, 0.3) is 0 Å². The molecule has 0 bridgehead atoms. The molecule has 5 nitrogen and oxygen atoms in total. The van der Waals surface area contributed by atoms with Crippen LogP contribution >= 0.6 is 0 Å². The number of hydrogen-bond acceptors (Lipinski definition) is 3. The Balaban J connectivity index is 2.68. The average molecular weight is 239 g/mol. The highest BCUT2D eigenvalue weighted by molar-refractivity contribution is 5.79. The summed E-state index contributed by atoms with van der Waals surface area (Å²) < 4.78 is 0. The van der Waals surface area contributed by atoms with E-state index in [4.69, 9.17) is 0 Å². The van der Waals surface area contributed by atoms with Crippen LogP contribution in [0.15, 0.2) is 0 Å². The number of amides is 1. The summed E-state index contributed by atoms with van der Waals surface area (Å²) in [6.45, 7) is 7.48. The van der Waals surface area contributed by atoms with Crippen molar-refractivity contribution in [1.82, 2.24) is 15.5 Å². The molecule has 0 saturated heterocycles. The van der Waals surface area contributed by atoms with Crippen molar-refractivity contribution in [1.29, 1.82) is 0 Å². The topological polar surface area (TPSA) is 78.0 Å². The molecule has 0 saturated carbocycles. The van der Waals surface area contributed by atoms with Crippen molar-refractivity contribution in [2.75, 3.05) is 6.61 Å². The Labute approximate surface area is 102 Å². The third kappa shape index (κ3) is 3.30. The number of aromatic amines is 1. The van der Waals surface area contributed by atoms with Crippen LogP contribution in [0, 0.1) is 13.8 Å². The van der Waals surface area contributed by atoms with Crippen molar-refractivity contribution in [3.8, 4) is 0 Å². The summed E-state index contributed by atoms with van der Waals surface area (Å²) in [4.78, 5) is 11.9. The molecule has 3 N–H and O–H groups in total. The lowest BCUT2D eigenvalue weighted by atomic mass is 9.99. The molecular formula is C12H21N3O2. The van der Waals surface area contributed by atoms with E-state index in [1.165, 1.54) is 0 Å². The lowest BCUT2D eigenvalue weighted by molar-refractivity contribution is -0.122. The molecule has 17 heavy (non-hydrogen) atoms. The Morgan fingerprint density at radius 1 is 1.53 bits per heavy atom. The molecule has 1 aromatic heterocycles. The van der Waals surface area contributed by atoms with Crippen LogP contribution in [-0.2, 0) is 11.2 Å². The highest BCUT2D eigenvalue weighted by atomic mass is 16.3. The maximum Gasteiger partial charge on any atom is 0.225 e. The number of hydrogen-bond donors (Lipinski definition) is 3. The Hall–Kier alpha value is -1.36. The molecule has 0 fully saturated rings. The van der Waals surface area contributed by atoms with E-state index >= 15 is 0 Å². The molecule has 5 heteroatoms. The van der Waals surface area contributed by atoms with Gasteiger partial charge in [-0.3, -0.25) is 9.89 Å². The molecule has 0 aromatic carbocycles. The van der Waals surface area contributed by atoms with Crippen molar-refractivity contribution >= 4 is 5.91 Å². The van der Waals surface area contributed by atoms with Gasteiger partial charge >= 0.3 is 0 Å². The maximum atomic E-state index is 11.9. The number of aliphatic hydroxyl groups is 1. The normalized spacial score (nSPS) is 14.4. The van der Waals surface area contributed by atoms with E-state index in [0.717, 1.165) is 17.0 Å². The van der Waals surface area contributed by atoms with Crippen LogP contribution in [0.25, 0.3) is 0 Å². The fraction of sp³-hybridized carbons (Fsp3) is 0.667. The lowest BCUT2D eigenvalue weighted by Gasteiger charge is -2.27. The fourth-order valence-corrected chi connectivity index (χ4v) is 1.62. The van der Waals surface area contributed by atoms with Gasteiger partial charge in [0.2, 0.25) is 5.91 Å². The number of aryl methyl sites for hydroxylation is 2. The van der Waals surface area contributed by atoms with Crippen LogP contribution in [-0.4, -0.2) is 33.4 Å². The van der Waals surface area contributed by atoms with E-state index in [0.29, 0.717) is 12.8 Å². The van der Waals surface area contributed by atoms with E-state index in [1.807, 2.05) is 27.7 Å². The highest BCUT2D eigenvalue weighted by Crippen LogP contribution is 2.12. The summed E-state index contributed by atoms with van der Waals surface area (Å²) in [5, 5.41) is 19.0. The standard InChI is InChI=1S/C12H21N3O2/c1-5-12(4,7-16)13-11(17)6-10-8(2)14-15-9(10)3/h16H,5-7H2,1-4H3,(H,13,17)(H,14,15). The summed E-state index contributed by atoms with van der Waals surface area (Å²) in [5.74, 6) is -0.0870. The van der Waals surface area contributed by atoms with Crippen LogP contribution in [0.4, 0.5) is 0 Å². The van der Waals surface area contributed by atoms with Crippen molar-refractivity contribution in [3.63, 3.8) is 0 Å². The lowest BCUT2D eigenvalue weighted by Crippen LogP contribution is -2.49. The first kappa shape index (κ1) is 13.7. The third-order valence-electron chi connectivity index (χ3n) is 3.19. The molecule has 1 atom stereocenters. The average Bonchev–Trinajstić information content (AvgIpc) is 2.60. The molecule has 1 amide bonds. The van der Waals surface area contributed by atoms with Gasteiger partial charge in [-0.05, 0) is 27.2 Å². The SMILES string of the molecule is CCC(C)(CO)NC(=O)Cc1c(C)n[nH]c1C. The zero-order valence-corrected chi connectivity index (χ0v) is 10.9. The summed E-state index contributed by atoms with van der Waals surface area (Å²) in [6.07, 6.45) is 0.988. The molecule has 1 unspecified atom stereocenters. The molecular weight excluding hydrogens is 218 g/mol. The smallest absolute Gasteiger partial charge is 0.225 e. The summed E-state index contributed by atoms with van der Waals surface area (Å²) in [6, 6.07) is 0.